The molecule has 0 unspecified atom stereocenters. The van der Waals surface area contributed by atoms with Crippen molar-refractivity contribution in [2.45, 2.75) is 0 Å². The zero-order valence-corrected chi connectivity index (χ0v) is 10.5. The van der Waals surface area contributed by atoms with Gasteiger partial charge >= 0.3 is 0 Å². The van der Waals surface area contributed by atoms with E-state index >= 15 is 0 Å². The van der Waals surface area contributed by atoms with Gasteiger partial charge in [-0.05, 0) is 42.5 Å². The molecule has 0 bridgehead atoms. The molecule has 0 radical (unpaired) electrons. The lowest BCUT2D eigenvalue weighted by molar-refractivity contribution is 0.102. The molecule has 100 valence electrons. The summed E-state index contributed by atoms with van der Waals surface area (Å²) in [6, 6.07) is 11.3. The standard InChI is InChI=1S/C15H12FN3O/c16-13-8-10(17)1-3-12(13)15(20)19-11-2-4-14-9(7-11)5-6-18-14/h1-8,18H,17H2,(H,19,20). The molecule has 0 fully saturated rings. The van der Waals surface area contributed by atoms with Gasteiger partial charge in [0.15, 0.2) is 0 Å². The third-order valence-electron chi connectivity index (χ3n) is 3.05. The van der Waals surface area contributed by atoms with Crippen molar-refractivity contribution in [3.05, 3.63) is 60.0 Å². The Morgan fingerprint density at radius 1 is 1.15 bits per heavy atom. The number of fused-ring (bicyclic) bond motifs is 1. The molecule has 0 aliphatic heterocycles. The highest BCUT2D eigenvalue weighted by Gasteiger charge is 2.12. The summed E-state index contributed by atoms with van der Waals surface area (Å²) in [5, 5.41) is 3.64. The van der Waals surface area contributed by atoms with E-state index in [1.807, 2.05) is 24.4 Å². The van der Waals surface area contributed by atoms with Crippen molar-refractivity contribution in [3.8, 4) is 0 Å². The molecule has 1 heterocycles. The molecule has 0 aliphatic carbocycles. The van der Waals surface area contributed by atoms with Gasteiger partial charge in [0, 0.05) is 28.5 Å². The number of nitrogen functional groups attached to an aromatic ring is 1. The second-order valence-electron chi connectivity index (χ2n) is 4.47. The topological polar surface area (TPSA) is 70.9 Å². The van der Waals surface area contributed by atoms with Crippen molar-refractivity contribution in [2.75, 3.05) is 11.1 Å². The van der Waals surface area contributed by atoms with Crippen LogP contribution in [0.3, 0.4) is 0 Å². The molecule has 0 spiro atoms. The Balaban J connectivity index is 1.87. The molecule has 0 aliphatic rings. The number of carbonyl (C=O) groups is 1. The van der Waals surface area contributed by atoms with Gasteiger partial charge < -0.3 is 16.0 Å². The summed E-state index contributed by atoms with van der Waals surface area (Å²) in [5.74, 6) is -1.14. The van der Waals surface area contributed by atoms with Crippen LogP contribution in [0.15, 0.2) is 48.7 Å². The highest BCUT2D eigenvalue weighted by atomic mass is 19.1. The number of H-pyrrole nitrogens is 1. The first-order valence-corrected chi connectivity index (χ1v) is 6.07. The molecule has 0 saturated carbocycles. The number of halogens is 1. The lowest BCUT2D eigenvalue weighted by Gasteiger charge is -2.07. The normalized spacial score (nSPS) is 10.7. The maximum Gasteiger partial charge on any atom is 0.258 e. The van der Waals surface area contributed by atoms with Crippen LogP contribution in [-0.4, -0.2) is 10.9 Å². The van der Waals surface area contributed by atoms with E-state index in [9.17, 15) is 9.18 Å². The van der Waals surface area contributed by atoms with Crippen molar-refractivity contribution >= 4 is 28.2 Å². The van der Waals surface area contributed by atoms with Gasteiger partial charge in [-0.3, -0.25) is 4.79 Å². The van der Waals surface area contributed by atoms with E-state index in [0.717, 1.165) is 17.0 Å². The summed E-state index contributed by atoms with van der Waals surface area (Å²) < 4.78 is 13.7. The smallest absolute Gasteiger partial charge is 0.258 e. The Morgan fingerprint density at radius 2 is 2.00 bits per heavy atom. The SMILES string of the molecule is Nc1ccc(C(=O)Nc2ccc3[nH]ccc3c2)c(F)c1. The molecule has 2 aromatic carbocycles. The van der Waals surface area contributed by atoms with Gasteiger partial charge in [-0.2, -0.15) is 0 Å². The van der Waals surface area contributed by atoms with Crippen molar-refractivity contribution in [2.24, 2.45) is 0 Å². The van der Waals surface area contributed by atoms with Gasteiger partial charge in [0.2, 0.25) is 0 Å². The quantitative estimate of drug-likeness (QED) is 0.625. The van der Waals surface area contributed by atoms with E-state index in [1.54, 1.807) is 6.07 Å². The number of nitrogens with one attached hydrogen (secondary N) is 2. The number of amides is 1. The van der Waals surface area contributed by atoms with Gasteiger partial charge in [0.05, 0.1) is 5.56 Å². The third kappa shape index (κ3) is 2.21. The highest BCUT2D eigenvalue weighted by molar-refractivity contribution is 6.05. The Bertz CT molecular complexity index is 795. The number of hydrogen-bond donors (Lipinski definition) is 3. The fraction of sp³-hybridized carbons (Fsp3) is 0. The zero-order chi connectivity index (χ0) is 14.1. The summed E-state index contributed by atoms with van der Waals surface area (Å²) in [6.45, 7) is 0. The number of rotatable bonds is 2. The van der Waals surface area contributed by atoms with Gasteiger partial charge in [-0.25, -0.2) is 4.39 Å². The molecule has 3 rings (SSSR count). The predicted molar refractivity (Wildman–Crippen MR) is 77.1 cm³/mol. The minimum absolute atomic E-state index is 0.0339. The summed E-state index contributed by atoms with van der Waals surface area (Å²) >= 11 is 0. The van der Waals surface area contributed by atoms with Crippen molar-refractivity contribution in [1.29, 1.82) is 0 Å². The number of aromatic nitrogens is 1. The summed E-state index contributed by atoms with van der Waals surface area (Å²) in [4.78, 5) is 15.1. The first-order valence-electron chi connectivity index (χ1n) is 6.07. The van der Waals surface area contributed by atoms with Gasteiger partial charge in [-0.15, -0.1) is 0 Å². The summed E-state index contributed by atoms with van der Waals surface area (Å²) in [7, 11) is 0. The molecule has 1 amide bonds. The van der Waals surface area contributed by atoms with Gasteiger partial charge in [0.25, 0.3) is 5.91 Å². The van der Waals surface area contributed by atoms with Crippen LogP contribution in [0.4, 0.5) is 15.8 Å². The third-order valence-corrected chi connectivity index (χ3v) is 3.05. The Morgan fingerprint density at radius 3 is 2.80 bits per heavy atom. The minimum Gasteiger partial charge on any atom is -0.399 e. The van der Waals surface area contributed by atoms with Crippen LogP contribution in [0.2, 0.25) is 0 Å². The largest absolute Gasteiger partial charge is 0.399 e. The van der Waals surface area contributed by atoms with Crippen molar-refractivity contribution in [1.82, 2.24) is 4.98 Å². The number of hydrogen-bond acceptors (Lipinski definition) is 2. The molecule has 1 aromatic heterocycles. The minimum atomic E-state index is -0.634. The highest BCUT2D eigenvalue weighted by Crippen LogP contribution is 2.19. The molecule has 4 nitrogen and oxygen atoms in total. The van der Waals surface area contributed by atoms with E-state index in [-0.39, 0.29) is 11.3 Å². The molecule has 5 heteroatoms. The lowest BCUT2D eigenvalue weighted by Crippen LogP contribution is -2.13. The Labute approximate surface area is 114 Å². The first kappa shape index (κ1) is 12.2. The molecular formula is C15H12FN3O. The molecule has 4 N–H and O–H groups in total. The van der Waals surface area contributed by atoms with E-state index in [4.69, 9.17) is 5.73 Å². The molecule has 0 atom stereocenters. The maximum atomic E-state index is 13.7. The summed E-state index contributed by atoms with van der Waals surface area (Å²) in [5.41, 5.74) is 7.29. The van der Waals surface area contributed by atoms with Crippen LogP contribution in [0.1, 0.15) is 10.4 Å². The van der Waals surface area contributed by atoms with Crippen LogP contribution in [0.25, 0.3) is 10.9 Å². The molecule has 20 heavy (non-hydrogen) atoms. The second-order valence-corrected chi connectivity index (χ2v) is 4.47. The van der Waals surface area contributed by atoms with Crippen molar-refractivity contribution < 1.29 is 9.18 Å². The lowest BCUT2D eigenvalue weighted by atomic mass is 10.1. The first-order chi connectivity index (χ1) is 9.63. The van der Waals surface area contributed by atoms with Gasteiger partial charge in [-0.1, -0.05) is 0 Å². The molecule has 0 saturated heterocycles. The van der Waals surface area contributed by atoms with Crippen LogP contribution in [0, 0.1) is 5.82 Å². The number of carbonyl (C=O) groups excluding carboxylic acids is 1. The maximum absolute atomic E-state index is 13.7. The fourth-order valence-corrected chi connectivity index (χ4v) is 2.04. The summed E-state index contributed by atoms with van der Waals surface area (Å²) in [6.07, 6.45) is 1.82. The van der Waals surface area contributed by atoms with Gasteiger partial charge in [0.1, 0.15) is 5.82 Å². The van der Waals surface area contributed by atoms with Crippen molar-refractivity contribution in [3.63, 3.8) is 0 Å². The van der Waals surface area contributed by atoms with Crippen LogP contribution >= 0.6 is 0 Å². The second kappa shape index (κ2) is 4.70. The Kier molecular flexibility index (Phi) is 2.87. The van der Waals surface area contributed by atoms with Crippen LogP contribution in [0.5, 0.6) is 0 Å². The Hall–Kier alpha value is -2.82. The van der Waals surface area contributed by atoms with E-state index in [0.29, 0.717) is 5.69 Å². The zero-order valence-electron chi connectivity index (χ0n) is 10.5. The van der Waals surface area contributed by atoms with E-state index < -0.39 is 11.7 Å². The van der Waals surface area contributed by atoms with Crippen LogP contribution < -0.4 is 11.1 Å². The fourth-order valence-electron chi connectivity index (χ4n) is 2.04. The van der Waals surface area contributed by atoms with Crippen LogP contribution in [-0.2, 0) is 0 Å². The monoisotopic (exact) mass is 269 g/mol. The number of anilines is 2. The van der Waals surface area contributed by atoms with E-state index in [2.05, 4.69) is 10.3 Å². The number of aromatic amines is 1. The number of nitrogens with two attached hydrogens (primary N) is 1. The molecular weight excluding hydrogens is 257 g/mol. The predicted octanol–water partition coefficient (Wildman–Crippen LogP) is 3.14. The average molecular weight is 269 g/mol. The van der Waals surface area contributed by atoms with E-state index in [1.165, 1.54) is 12.1 Å². The molecule has 3 aromatic rings. The number of benzene rings is 2. The average Bonchev–Trinajstić information content (AvgIpc) is 2.85.